The number of hydrogen-bond donors (Lipinski definition) is 6. The molecule has 7 unspecified atom stereocenters. The van der Waals surface area contributed by atoms with Crippen LogP contribution in [0, 0.1) is 0 Å². The summed E-state index contributed by atoms with van der Waals surface area (Å²) in [5.41, 5.74) is 0. The first kappa shape index (κ1) is 17.6. The molecule has 1 aliphatic heterocycles. The van der Waals surface area contributed by atoms with Crippen LogP contribution >= 0.6 is 0 Å². The van der Waals surface area contributed by atoms with Gasteiger partial charge in [-0.15, -0.1) is 0 Å². The number of aliphatic hydroxyl groups is 6. The van der Waals surface area contributed by atoms with Gasteiger partial charge in [-0.1, -0.05) is 0 Å². The summed E-state index contributed by atoms with van der Waals surface area (Å²) in [6.07, 6.45) is -7.66. The van der Waals surface area contributed by atoms with Gasteiger partial charge in [-0.25, -0.2) is 0 Å². The fraction of sp³-hybridized carbons (Fsp3) is 0.909. The smallest absolute Gasteiger partial charge is 0.169 e. The SMILES string of the molecule is O=C([O-])CC(O)C(O)C(O)C[S+]1CC(O)C(O)C1CO. The van der Waals surface area contributed by atoms with Gasteiger partial charge in [-0.2, -0.15) is 0 Å². The Morgan fingerprint density at radius 3 is 2.35 bits per heavy atom. The van der Waals surface area contributed by atoms with Crippen LogP contribution in [0.15, 0.2) is 0 Å². The number of hydrogen-bond acceptors (Lipinski definition) is 8. The van der Waals surface area contributed by atoms with Crippen molar-refractivity contribution in [1.29, 1.82) is 0 Å². The Morgan fingerprint density at radius 1 is 1.25 bits per heavy atom. The number of carboxylic acid groups (broad SMARTS) is 1. The average molecular weight is 312 g/mol. The van der Waals surface area contributed by atoms with Crippen LogP contribution in [0.5, 0.6) is 0 Å². The molecule has 9 heteroatoms. The standard InChI is InChI=1S/C11H20O8S/c12-2-8-11(19)7(15)4-20(8)3-6(14)10(18)5(13)1-9(16)17/h5-8,10-15,18-19H,1-4H2. The molecule has 1 heterocycles. The molecule has 6 N–H and O–H groups in total. The van der Waals surface area contributed by atoms with Gasteiger partial charge in [0.25, 0.3) is 0 Å². The van der Waals surface area contributed by atoms with Crippen molar-refractivity contribution in [2.75, 3.05) is 18.1 Å². The van der Waals surface area contributed by atoms with Crippen LogP contribution in [0.2, 0.25) is 0 Å². The van der Waals surface area contributed by atoms with E-state index in [1.165, 1.54) is 0 Å². The zero-order chi connectivity index (χ0) is 15.4. The van der Waals surface area contributed by atoms with Gasteiger partial charge >= 0.3 is 0 Å². The topological polar surface area (TPSA) is 162 Å². The van der Waals surface area contributed by atoms with Gasteiger partial charge in [0.1, 0.15) is 35.9 Å². The highest BCUT2D eigenvalue weighted by Gasteiger charge is 2.50. The summed E-state index contributed by atoms with van der Waals surface area (Å²) in [5, 5.41) is 66.8. The van der Waals surface area contributed by atoms with E-state index in [2.05, 4.69) is 0 Å². The highest BCUT2D eigenvalue weighted by atomic mass is 32.2. The summed E-state index contributed by atoms with van der Waals surface area (Å²) >= 11 is 0. The van der Waals surface area contributed by atoms with E-state index in [0.717, 1.165) is 0 Å². The van der Waals surface area contributed by atoms with Crippen LogP contribution in [-0.4, -0.2) is 90.5 Å². The summed E-state index contributed by atoms with van der Waals surface area (Å²) in [5.74, 6) is -1.43. The molecular formula is C11H20O8S. The molecular weight excluding hydrogens is 292 g/mol. The molecule has 0 bridgehead atoms. The molecule has 1 saturated heterocycles. The zero-order valence-electron chi connectivity index (χ0n) is 10.7. The first-order valence-electron chi connectivity index (χ1n) is 6.15. The minimum atomic E-state index is -1.67. The third kappa shape index (κ3) is 4.29. The molecule has 0 amide bonds. The highest BCUT2D eigenvalue weighted by molar-refractivity contribution is 7.97. The summed E-state index contributed by atoms with van der Waals surface area (Å²) < 4.78 is 0. The van der Waals surface area contributed by atoms with Crippen molar-refractivity contribution in [1.82, 2.24) is 0 Å². The maximum Gasteiger partial charge on any atom is 0.169 e. The van der Waals surface area contributed by atoms with E-state index in [1.807, 2.05) is 0 Å². The molecule has 8 nitrogen and oxygen atoms in total. The predicted octanol–water partition coefficient (Wildman–Crippen LogP) is -5.08. The molecule has 1 aliphatic rings. The fourth-order valence-electron chi connectivity index (χ4n) is 2.16. The second-order valence-corrected chi connectivity index (χ2v) is 7.20. The summed E-state index contributed by atoms with van der Waals surface area (Å²) in [6.45, 7) is -0.369. The Bertz CT molecular complexity index is 328. The van der Waals surface area contributed by atoms with Crippen molar-refractivity contribution >= 4 is 16.9 Å². The molecule has 0 spiro atoms. The largest absolute Gasteiger partial charge is 0.550 e. The molecule has 0 aromatic heterocycles. The minimum Gasteiger partial charge on any atom is -0.550 e. The third-order valence-corrected chi connectivity index (χ3v) is 6.14. The maximum atomic E-state index is 10.3. The Balaban J connectivity index is 2.56. The number of carboxylic acids is 1. The lowest BCUT2D eigenvalue weighted by Gasteiger charge is -2.23. The van der Waals surface area contributed by atoms with Crippen LogP contribution in [0.3, 0.4) is 0 Å². The van der Waals surface area contributed by atoms with Crippen molar-refractivity contribution in [3.05, 3.63) is 0 Å². The fourth-order valence-corrected chi connectivity index (χ4v) is 4.85. The van der Waals surface area contributed by atoms with Crippen LogP contribution < -0.4 is 5.11 Å². The number of rotatable bonds is 7. The number of carbonyl (C=O) groups is 1. The quantitative estimate of drug-likeness (QED) is 0.254. The van der Waals surface area contributed by atoms with Gasteiger partial charge in [-0.3, -0.25) is 0 Å². The maximum absolute atomic E-state index is 10.3. The first-order valence-corrected chi connectivity index (χ1v) is 7.77. The zero-order valence-corrected chi connectivity index (χ0v) is 11.5. The van der Waals surface area contributed by atoms with Crippen LogP contribution in [0.1, 0.15) is 6.42 Å². The highest BCUT2D eigenvalue weighted by Crippen LogP contribution is 2.25. The predicted molar refractivity (Wildman–Crippen MR) is 67.6 cm³/mol. The normalized spacial score (nSPS) is 34.7. The molecule has 0 aliphatic carbocycles. The van der Waals surface area contributed by atoms with E-state index in [9.17, 15) is 35.4 Å². The number of carbonyl (C=O) groups excluding carboxylic acids is 1. The lowest BCUT2D eigenvalue weighted by atomic mass is 10.1. The molecule has 0 aromatic carbocycles. The van der Waals surface area contributed by atoms with E-state index in [-0.39, 0.29) is 18.1 Å². The third-order valence-electron chi connectivity index (χ3n) is 3.32. The van der Waals surface area contributed by atoms with Crippen LogP contribution in [-0.2, 0) is 15.7 Å². The summed E-state index contributed by atoms with van der Waals surface area (Å²) in [7, 11) is -0.739. The molecule has 0 aromatic rings. The van der Waals surface area contributed by atoms with E-state index in [0.29, 0.717) is 0 Å². The lowest BCUT2D eigenvalue weighted by molar-refractivity contribution is -0.308. The van der Waals surface area contributed by atoms with Crippen molar-refractivity contribution < 1.29 is 40.5 Å². The monoisotopic (exact) mass is 312 g/mol. The van der Waals surface area contributed by atoms with E-state index in [4.69, 9.17) is 5.11 Å². The molecule has 118 valence electrons. The second kappa shape index (κ2) is 7.55. The van der Waals surface area contributed by atoms with Crippen molar-refractivity contribution in [2.24, 2.45) is 0 Å². The molecule has 0 radical (unpaired) electrons. The van der Waals surface area contributed by atoms with E-state index >= 15 is 0 Å². The molecule has 1 rings (SSSR count). The van der Waals surface area contributed by atoms with Crippen LogP contribution in [0.4, 0.5) is 0 Å². The van der Waals surface area contributed by atoms with Gasteiger partial charge in [0, 0.05) is 23.3 Å². The minimum absolute atomic E-state index is 0.0510. The number of aliphatic hydroxyl groups excluding tert-OH is 6. The second-order valence-electron chi connectivity index (χ2n) is 4.85. The Hall–Kier alpha value is -0.420. The first-order chi connectivity index (χ1) is 9.27. The molecule has 20 heavy (non-hydrogen) atoms. The molecule has 0 saturated carbocycles. The van der Waals surface area contributed by atoms with Gasteiger partial charge in [0.2, 0.25) is 0 Å². The lowest BCUT2D eigenvalue weighted by Crippen LogP contribution is -2.45. The van der Waals surface area contributed by atoms with Gasteiger partial charge in [0.05, 0.1) is 12.7 Å². The Morgan fingerprint density at radius 2 is 1.85 bits per heavy atom. The average Bonchev–Trinajstić information content (AvgIpc) is 2.62. The Labute approximate surface area is 118 Å². The molecule has 7 atom stereocenters. The van der Waals surface area contributed by atoms with Crippen molar-refractivity contribution in [3.63, 3.8) is 0 Å². The van der Waals surface area contributed by atoms with Gasteiger partial charge in [-0.05, 0) is 0 Å². The summed E-state index contributed by atoms with van der Waals surface area (Å²) in [6, 6.07) is 0. The summed E-state index contributed by atoms with van der Waals surface area (Å²) in [4.78, 5) is 10.3. The molecule has 1 fully saturated rings. The van der Waals surface area contributed by atoms with E-state index < -0.39 is 59.1 Å². The Kier molecular flexibility index (Phi) is 6.65. The number of aliphatic carboxylic acids is 1. The van der Waals surface area contributed by atoms with E-state index in [1.54, 1.807) is 0 Å². The van der Waals surface area contributed by atoms with Crippen molar-refractivity contribution in [3.8, 4) is 0 Å². The van der Waals surface area contributed by atoms with Crippen LogP contribution in [0.25, 0.3) is 0 Å². The van der Waals surface area contributed by atoms with Gasteiger partial charge in [0.15, 0.2) is 5.25 Å². The van der Waals surface area contributed by atoms with Gasteiger partial charge < -0.3 is 40.5 Å². The van der Waals surface area contributed by atoms with Crippen molar-refractivity contribution in [2.45, 2.75) is 42.2 Å².